The van der Waals surface area contributed by atoms with Gasteiger partial charge in [-0.2, -0.15) is 0 Å². The maximum absolute atomic E-state index is 12.2. The first-order valence-electron chi connectivity index (χ1n) is 6.62. The van der Waals surface area contributed by atoms with E-state index in [4.69, 9.17) is 16.3 Å². The number of rotatable bonds is 3. The molecule has 0 bridgehead atoms. The highest BCUT2D eigenvalue weighted by atomic mass is 35.5. The third-order valence-electron chi connectivity index (χ3n) is 3.11. The molecule has 1 aromatic carbocycles. The van der Waals surface area contributed by atoms with Crippen molar-refractivity contribution in [3.8, 4) is 0 Å². The lowest BCUT2D eigenvalue weighted by atomic mass is 10.1. The molecule has 1 atom stereocenters. The van der Waals surface area contributed by atoms with Crippen LogP contribution in [0.15, 0.2) is 18.2 Å². The lowest BCUT2D eigenvalue weighted by molar-refractivity contribution is -0.120. The number of morpholine rings is 1. The van der Waals surface area contributed by atoms with Gasteiger partial charge in [0.15, 0.2) is 0 Å². The number of anilines is 1. The maximum Gasteiger partial charge on any atom is 0.255 e. The van der Waals surface area contributed by atoms with Crippen molar-refractivity contribution in [1.82, 2.24) is 10.2 Å². The molecule has 0 aromatic heterocycles. The summed E-state index contributed by atoms with van der Waals surface area (Å²) in [5.41, 5.74) is 0.799. The van der Waals surface area contributed by atoms with Crippen LogP contribution in [0, 0.1) is 0 Å². The first-order valence-corrected chi connectivity index (χ1v) is 7.00. The van der Waals surface area contributed by atoms with Crippen LogP contribution in [-0.4, -0.2) is 56.6 Å². The molecule has 0 saturated carbocycles. The summed E-state index contributed by atoms with van der Waals surface area (Å²) in [5, 5.41) is 6.26. The summed E-state index contributed by atoms with van der Waals surface area (Å²) in [6, 6.07) is 4.36. The lowest BCUT2D eigenvalue weighted by Gasteiger charge is -2.23. The quantitative estimate of drug-likeness (QED) is 0.872. The van der Waals surface area contributed by atoms with Crippen LogP contribution in [-0.2, 0) is 9.53 Å². The third kappa shape index (κ3) is 3.93. The molecule has 114 valence electrons. The minimum atomic E-state index is -0.431. The van der Waals surface area contributed by atoms with Gasteiger partial charge in [-0.3, -0.25) is 9.59 Å². The predicted molar refractivity (Wildman–Crippen MR) is 80.7 cm³/mol. The second-order valence-electron chi connectivity index (χ2n) is 4.96. The predicted octanol–water partition coefficient (Wildman–Crippen LogP) is 0.969. The molecule has 2 N–H and O–H groups in total. The first-order chi connectivity index (χ1) is 9.99. The zero-order valence-electron chi connectivity index (χ0n) is 12.0. The summed E-state index contributed by atoms with van der Waals surface area (Å²) in [5.74, 6) is -0.445. The van der Waals surface area contributed by atoms with Gasteiger partial charge >= 0.3 is 0 Å². The Labute approximate surface area is 128 Å². The monoisotopic (exact) mass is 311 g/mol. The number of nitrogens with zero attached hydrogens (tertiary/aromatic N) is 1. The van der Waals surface area contributed by atoms with Crippen molar-refractivity contribution in [1.29, 1.82) is 0 Å². The van der Waals surface area contributed by atoms with Gasteiger partial charge in [0.2, 0.25) is 5.91 Å². The van der Waals surface area contributed by atoms with E-state index in [2.05, 4.69) is 10.6 Å². The van der Waals surface area contributed by atoms with E-state index >= 15 is 0 Å². The Morgan fingerprint density at radius 2 is 2.19 bits per heavy atom. The van der Waals surface area contributed by atoms with Gasteiger partial charge in [0.05, 0.1) is 24.5 Å². The van der Waals surface area contributed by atoms with Crippen LogP contribution in [0.25, 0.3) is 0 Å². The van der Waals surface area contributed by atoms with Crippen LogP contribution in [0.5, 0.6) is 0 Å². The van der Waals surface area contributed by atoms with Crippen molar-refractivity contribution >= 4 is 29.1 Å². The second-order valence-corrected chi connectivity index (χ2v) is 5.40. The highest BCUT2D eigenvalue weighted by Gasteiger charge is 2.23. The summed E-state index contributed by atoms with van der Waals surface area (Å²) < 4.78 is 5.26. The highest BCUT2D eigenvalue weighted by Crippen LogP contribution is 2.22. The Hall–Kier alpha value is -1.63. The Balaban J connectivity index is 2.19. The SMILES string of the molecule is CN(C)C(=O)c1ccc(Cl)cc1NC(=O)C1COCCN1. The zero-order valence-corrected chi connectivity index (χ0v) is 12.7. The van der Waals surface area contributed by atoms with E-state index in [0.717, 1.165) is 0 Å². The summed E-state index contributed by atoms with van der Waals surface area (Å²) in [6.07, 6.45) is 0. The summed E-state index contributed by atoms with van der Waals surface area (Å²) >= 11 is 5.95. The number of ether oxygens (including phenoxy) is 1. The van der Waals surface area contributed by atoms with Gasteiger partial charge in [-0.1, -0.05) is 11.6 Å². The molecule has 2 rings (SSSR count). The molecule has 1 fully saturated rings. The average molecular weight is 312 g/mol. The number of benzene rings is 1. The molecule has 1 unspecified atom stereocenters. The zero-order chi connectivity index (χ0) is 15.4. The fourth-order valence-corrected chi connectivity index (χ4v) is 2.17. The number of halogens is 1. The topological polar surface area (TPSA) is 70.7 Å². The number of nitrogens with one attached hydrogen (secondary N) is 2. The van der Waals surface area contributed by atoms with Crippen LogP contribution in [0.3, 0.4) is 0 Å². The van der Waals surface area contributed by atoms with E-state index in [1.807, 2.05) is 0 Å². The van der Waals surface area contributed by atoms with Crippen molar-refractivity contribution in [2.45, 2.75) is 6.04 Å². The summed E-state index contributed by atoms with van der Waals surface area (Å²) in [6.45, 7) is 1.52. The van der Waals surface area contributed by atoms with E-state index < -0.39 is 6.04 Å². The number of carbonyl (C=O) groups excluding carboxylic acids is 2. The van der Waals surface area contributed by atoms with Crippen molar-refractivity contribution in [3.63, 3.8) is 0 Å². The molecule has 1 aromatic rings. The second kappa shape index (κ2) is 6.89. The normalized spacial score (nSPS) is 18.1. The smallest absolute Gasteiger partial charge is 0.255 e. The summed E-state index contributed by atoms with van der Waals surface area (Å²) in [7, 11) is 3.30. The highest BCUT2D eigenvalue weighted by molar-refractivity contribution is 6.31. The van der Waals surface area contributed by atoms with Gasteiger partial charge in [0.1, 0.15) is 6.04 Å². The van der Waals surface area contributed by atoms with Gasteiger partial charge in [-0.25, -0.2) is 0 Å². The fourth-order valence-electron chi connectivity index (χ4n) is 2.00. The van der Waals surface area contributed by atoms with Crippen LogP contribution in [0.2, 0.25) is 5.02 Å². The summed E-state index contributed by atoms with van der Waals surface area (Å²) in [4.78, 5) is 25.8. The van der Waals surface area contributed by atoms with E-state index in [1.165, 1.54) is 4.90 Å². The molecule has 2 amide bonds. The van der Waals surface area contributed by atoms with Crippen LogP contribution < -0.4 is 10.6 Å². The Morgan fingerprint density at radius 3 is 2.81 bits per heavy atom. The van der Waals surface area contributed by atoms with Gasteiger partial charge in [0.25, 0.3) is 5.91 Å². The fraction of sp³-hybridized carbons (Fsp3) is 0.429. The molecule has 1 aliphatic heterocycles. The van der Waals surface area contributed by atoms with Gasteiger partial charge in [0, 0.05) is 25.7 Å². The van der Waals surface area contributed by atoms with E-state index in [9.17, 15) is 9.59 Å². The Kier molecular flexibility index (Phi) is 5.17. The molecule has 0 aliphatic carbocycles. The molecule has 0 spiro atoms. The number of hydrogen-bond donors (Lipinski definition) is 2. The molecule has 1 saturated heterocycles. The van der Waals surface area contributed by atoms with Crippen molar-refractivity contribution in [2.75, 3.05) is 39.2 Å². The van der Waals surface area contributed by atoms with Gasteiger partial charge in [-0.15, -0.1) is 0 Å². The van der Waals surface area contributed by atoms with Crippen LogP contribution in [0.4, 0.5) is 5.69 Å². The minimum Gasteiger partial charge on any atom is -0.378 e. The van der Waals surface area contributed by atoms with Crippen molar-refractivity contribution in [2.24, 2.45) is 0 Å². The molecule has 1 aliphatic rings. The van der Waals surface area contributed by atoms with E-state index in [-0.39, 0.29) is 11.8 Å². The number of hydrogen-bond acceptors (Lipinski definition) is 4. The van der Waals surface area contributed by atoms with E-state index in [1.54, 1.807) is 32.3 Å². The molecule has 6 nitrogen and oxygen atoms in total. The molecule has 21 heavy (non-hydrogen) atoms. The minimum absolute atomic E-state index is 0.199. The molecular formula is C14H18ClN3O3. The average Bonchev–Trinajstić information content (AvgIpc) is 2.47. The Bertz CT molecular complexity index is 542. The van der Waals surface area contributed by atoms with Gasteiger partial charge in [-0.05, 0) is 18.2 Å². The van der Waals surface area contributed by atoms with E-state index in [0.29, 0.717) is 36.0 Å². The Morgan fingerprint density at radius 1 is 1.43 bits per heavy atom. The van der Waals surface area contributed by atoms with Crippen LogP contribution >= 0.6 is 11.6 Å². The number of carbonyl (C=O) groups is 2. The van der Waals surface area contributed by atoms with Crippen molar-refractivity contribution in [3.05, 3.63) is 28.8 Å². The number of amides is 2. The largest absolute Gasteiger partial charge is 0.378 e. The molecule has 1 heterocycles. The van der Waals surface area contributed by atoms with Gasteiger partial charge < -0.3 is 20.3 Å². The molecule has 0 radical (unpaired) electrons. The standard InChI is InChI=1S/C14H18ClN3O3/c1-18(2)14(20)10-4-3-9(15)7-11(10)17-13(19)12-8-21-6-5-16-12/h3-4,7,12,16H,5-6,8H2,1-2H3,(H,17,19). The molecule has 7 heteroatoms. The first kappa shape index (κ1) is 15.8. The third-order valence-corrected chi connectivity index (χ3v) is 3.35. The maximum atomic E-state index is 12.2. The molecular weight excluding hydrogens is 294 g/mol. The van der Waals surface area contributed by atoms with Crippen LogP contribution in [0.1, 0.15) is 10.4 Å². The van der Waals surface area contributed by atoms with Crippen molar-refractivity contribution < 1.29 is 14.3 Å². The lowest BCUT2D eigenvalue weighted by Crippen LogP contribution is -2.49.